The smallest absolute Gasteiger partial charge is 0.306 e. The molecule has 120 valence electrons. The van der Waals surface area contributed by atoms with Gasteiger partial charge in [-0.05, 0) is 41.9 Å². The molecule has 0 atom stereocenters. The second-order valence-corrected chi connectivity index (χ2v) is 4.70. The second kappa shape index (κ2) is 6.33. The number of halogens is 5. The Morgan fingerprint density at radius 3 is 2.35 bits per heavy atom. The fourth-order valence-corrected chi connectivity index (χ4v) is 1.76. The van der Waals surface area contributed by atoms with Crippen molar-refractivity contribution >= 4 is 28.6 Å². The summed E-state index contributed by atoms with van der Waals surface area (Å²) in [5, 5.41) is 1.37. The first-order chi connectivity index (χ1) is 10.7. The Labute approximate surface area is 132 Å². The largest absolute Gasteiger partial charge is 0.416 e. The van der Waals surface area contributed by atoms with Crippen molar-refractivity contribution in [3.63, 3.8) is 0 Å². The molecule has 0 saturated carbocycles. The molecule has 2 rings (SSSR count). The van der Waals surface area contributed by atoms with Crippen LogP contribution in [0.15, 0.2) is 36.5 Å². The molecular formula is C14H7ClF4N2O2. The Morgan fingerprint density at radius 2 is 1.83 bits per heavy atom. The summed E-state index contributed by atoms with van der Waals surface area (Å²) in [5.41, 5.74) is -1.87. The van der Waals surface area contributed by atoms with E-state index >= 15 is 0 Å². The topological polar surface area (TPSA) is 59.1 Å². The molecule has 0 aliphatic rings. The molecule has 1 aromatic carbocycles. The van der Waals surface area contributed by atoms with E-state index in [4.69, 9.17) is 11.6 Å². The molecule has 0 radical (unpaired) electrons. The Balaban J connectivity index is 2.25. The molecule has 0 fully saturated rings. The van der Waals surface area contributed by atoms with E-state index < -0.39 is 34.3 Å². The third kappa shape index (κ3) is 4.04. The molecule has 1 N–H and O–H groups in total. The van der Waals surface area contributed by atoms with Gasteiger partial charge in [-0.25, -0.2) is 9.37 Å². The van der Waals surface area contributed by atoms with Crippen molar-refractivity contribution in [2.45, 2.75) is 6.18 Å². The number of alkyl halides is 3. The Bertz CT molecular complexity index is 760. The first kappa shape index (κ1) is 16.9. The quantitative estimate of drug-likeness (QED) is 0.678. The van der Waals surface area contributed by atoms with Crippen molar-refractivity contribution in [3.8, 4) is 0 Å². The van der Waals surface area contributed by atoms with Crippen LogP contribution in [0.4, 0.5) is 23.4 Å². The highest BCUT2D eigenvalue weighted by atomic mass is 35.5. The second-order valence-electron chi connectivity index (χ2n) is 4.35. The van der Waals surface area contributed by atoms with E-state index in [1.807, 2.05) is 0 Å². The number of nitrogens with one attached hydrogen (secondary N) is 1. The molecule has 0 aliphatic heterocycles. The summed E-state index contributed by atoms with van der Waals surface area (Å²) in [7, 11) is 0. The lowest BCUT2D eigenvalue weighted by molar-refractivity contribution is -0.137. The minimum Gasteiger partial charge on any atom is -0.306 e. The normalized spacial score (nSPS) is 11.2. The van der Waals surface area contributed by atoms with Gasteiger partial charge in [0.25, 0.3) is 11.1 Å². The third-order valence-corrected chi connectivity index (χ3v) is 2.99. The van der Waals surface area contributed by atoms with Gasteiger partial charge in [-0.1, -0.05) is 0 Å². The summed E-state index contributed by atoms with van der Waals surface area (Å²) in [6.45, 7) is 0. The average molecular weight is 347 g/mol. The van der Waals surface area contributed by atoms with E-state index in [-0.39, 0.29) is 11.4 Å². The van der Waals surface area contributed by atoms with Crippen molar-refractivity contribution in [3.05, 3.63) is 59.0 Å². The molecular weight excluding hydrogens is 340 g/mol. The number of pyridine rings is 1. The van der Waals surface area contributed by atoms with Gasteiger partial charge in [0.1, 0.15) is 11.6 Å². The monoisotopic (exact) mass is 346 g/mol. The minimum absolute atomic E-state index is 0.0647. The number of aromatic nitrogens is 1. The average Bonchev–Trinajstić information content (AvgIpc) is 2.46. The third-order valence-electron chi connectivity index (χ3n) is 2.77. The molecule has 4 nitrogen and oxygen atoms in total. The van der Waals surface area contributed by atoms with Crippen LogP contribution in [-0.2, 0) is 6.18 Å². The number of hydrogen-bond donors (Lipinski definition) is 1. The predicted octanol–water partition coefficient (Wildman–Crippen LogP) is 3.87. The van der Waals surface area contributed by atoms with E-state index in [9.17, 15) is 27.2 Å². The molecule has 2 aromatic rings. The van der Waals surface area contributed by atoms with Crippen molar-refractivity contribution in [1.29, 1.82) is 0 Å². The van der Waals surface area contributed by atoms with Gasteiger partial charge in [0, 0.05) is 6.20 Å². The van der Waals surface area contributed by atoms with Crippen molar-refractivity contribution in [1.82, 2.24) is 4.98 Å². The van der Waals surface area contributed by atoms with Crippen LogP contribution in [0.3, 0.4) is 0 Å². The van der Waals surface area contributed by atoms with Crippen LogP contribution in [0.25, 0.3) is 0 Å². The highest BCUT2D eigenvalue weighted by molar-refractivity contribution is 6.67. The molecule has 0 bridgehead atoms. The van der Waals surface area contributed by atoms with Crippen molar-refractivity contribution < 1.29 is 27.2 Å². The Kier molecular flexibility index (Phi) is 4.65. The van der Waals surface area contributed by atoms with Gasteiger partial charge in [-0.15, -0.1) is 0 Å². The number of anilines is 1. The highest BCUT2D eigenvalue weighted by Gasteiger charge is 2.32. The van der Waals surface area contributed by atoms with E-state index in [1.165, 1.54) is 12.1 Å². The number of hydrogen-bond acceptors (Lipinski definition) is 3. The number of rotatable bonds is 3. The summed E-state index contributed by atoms with van der Waals surface area (Å²) in [4.78, 5) is 26.4. The summed E-state index contributed by atoms with van der Waals surface area (Å²) in [6, 6.07) is 3.95. The van der Waals surface area contributed by atoms with E-state index in [0.717, 1.165) is 6.20 Å². The number of amides is 1. The fraction of sp³-hybridized carbons (Fsp3) is 0.0714. The maximum absolute atomic E-state index is 13.6. The molecule has 0 spiro atoms. The van der Waals surface area contributed by atoms with Gasteiger partial charge in [-0.2, -0.15) is 13.2 Å². The molecule has 9 heteroatoms. The molecule has 1 heterocycles. The van der Waals surface area contributed by atoms with Gasteiger partial charge in [0.05, 0.1) is 16.7 Å². The SMILES string of the molecule is O=C(Cl)c1ccc(NC(=O)c2cc(C(F)(F)F)ccc2F)nc1. The van der Waals surface area contributed by atoms with Gasteiger partial charge in [0.2, 0.25) is 0 Å². The van der Waals surface area contributed by atoms with Gasteiger partial charge >= 0.3 is 6.18 Å². The maximum Gasteiger partial charge on any atom is 0.416 e. The number of benzene rings is 1. The molecule has 23 heavy (non-hydrogen) atoms. The molecule has 0 aliphatic carbocycles. The standard InChI is InChI=1S/C14H7ClF4N2O2/c15-12(22)7-1-4-11(20-6-7)21-13(23)9-5-8(14(17,18)19)2-3-10(9)16/h1-6H,(H,20,21,23). The van der Waals surface area contributed by atoms with Crippen LogP contribution in [-0.4, -0.2) is 16.1 Å². The van der Waals surface area contributed by atoms with Crippen LogP contribution in [0.5, 0.6) is 0 Å². The summed E-state index contributed by atoms with van der Waals surface area (Å²) in [5.74, 6) is -2.29. The number of carbonyl (C=O) groups is 2. The van der Waals surface area contributed by atoms with Crippen LogP contribution >= 0.6 is 11.6 Å². The first-order valence-corrected chi connectivity index (χ1v) is 6.40. The molecule has 0 unspecified atom stereocenters. The van der Waals surface area contributed by atoms with Gasteiger partial charge in [-0.3, -0.25) is 9.59 Å². The van der Waals surface area contributed by atoms with Crippen molar-refractivity contribution in [2.24, 2.45) is 0 Å². The molecule has 0 saturated heterocycles. The van der Waals surface area contributed by atoms with E-state index in [1.54, 1.807) is 0 Å². The minimum atomic E-state index is -4.71. The lowest BCUT2D eigenvalue weighted by atomic mass is 10.1. The van der Waals surface area contributed by atoms with E-state index in [0.29, 0.717) is 18.2 Å². The Hall–Kier alpha value is -2.48. The lowest BCUT2D eigenvalue weighted by Crippen LogP contribution is -2.16. The van der Waals surface area contributed by atoms with Gasteiger partial charge in [0.15, 0.2) is 0 Å². The molecule has 1 aromatic heterocycles. The molecule has 1 amide bonds. The van der Waals surface area contributed by atoms with Crippen molar-refractivity contribution in [2.75, 3.05) is 5.32 Å². The van der Waals surface area contributed by atoms with E-state index in [2.05, 4.69) is 10.3 Å². The Morgan fingerprint density at radius 1 is 1.13 bits per heavy atom. The van der Waals surface area contributed by atoms with Crippen LogP contribution in [0, 0.1) is 5.82 Å². The highest BCUT2D eigenvalue weighted by Crippen LogP contribution is 2.30. The maximum atomic E-state index is 13.6. The zero-order chi connectivity index (χ0) is 17.2. The van der Waals surface area contributed by atoms with Crippen LogP contribution < -0.4 is 5.32 Å². The summed E-state index contributed by atoms with van der Waals surface area (Å²) >= 11 is 5.22. The first-order valence-electron chi connectivity index (χ1n) is 6.02. The summed E-state index contributed by atoms with van der Waals surface area (Å²) in [6.07, 6.45) is -3.64. The summed E-state index contributed by atoms with van der Waals surface area (Å²) < 4.78 is 51.4. The number of carbonyl (C=O) groups excluding carboxylic acids is 2. The van der Waals surface area contributed by atoms with Crippen LogP contribution in [0.2, 0.25) is 0 Å². The van der Waals surface area contributed by atoms with Crippen LogP contribution in [0.1, 0.15) is 26.3 Å². The predicted molar refractivity (Wildman–Crippen MR) is 73.8 cm³/mol. The zero-order valence-electron chi connectivity index (χ0n) is 11.1. The lowest BCUT2D eigenvalue weighted by Gasteiger charge is -2.10. The van der Waals surface area contributed by atoms with Gasteiger partial charge < -0.3 is 5.32 Å². The fourth-order valence-electron chi connectivity index (χ4n) is 1.64. The number of nitrogens with zero attached hydrogens (tertiary/aromatic N) is 1. The zero-order valence-corrected chi connectivity index (χ0v) is 11.9.